The van der Waals surface area contributed by atoms with Gasteiger partial charge in [-0.2, -0.15) is 0 Å². The van der Waals surface area contributed by atoms with Gasteiger partial charge >= 0.3 is 5.69 Å². The molecule has 2 N–H and O–H groups in total. The first kappa shape index (κ1) is 20.2. The molecular formula is C21H18ClN5O2S. The second kappa shape index (κ2) is 8.73. The predicted octanol–water partition coefficient (Wildman–Crippen LogP) is 3.49. The molecule has 0 unspecified atom stereocenters. The van der Waals surface area contributed by atoms with Gasteiger partial charge in [0.15, 0.2) is 5.16 Å². The lowest BCUT2D eigenvalue weighted by molar-refractivity contribution is 0.829. The number of H-pyrrole nitrogens is 2. The number of halogens is 1. The zero-order valence-electron chi connectivity index (χ0n) is 16.1. The Morgan fingerprint density at radius 3 is 2.57 bits per heavy atom. The molecule has 0 amide bonds. The van der Waals surface area contributed by atoms with Crippen LogP contribution in [-0.2, 0) is 12.2 Å². The van der Waals surface area contributed by atoms with Gasteiger partial charge in [0, 0.05) is 34.6 Å². The topological polar surface area (TPSA) is 96.4 Å². The molecule has 0 spiro atoms. The summed E-state index contributed by atoms with van der Waals surface area (Å²) in [4.78, 5) is 28.1. The van der Waals surface area contributed by atoms with Crippen LogP contribution in [0.5, 0.6) is 0 Å². The Bertz CT molecular complexity index is 1270. The van der Waals surface area contributed by atoms with Gasteiger partial charge in [-0.3, -0.25) is 14.3 Å². The van der Waals surface area contributed by atoms with E-state index < -0.39 is 11.2 Å². The molecule has 0 aliphatic carbocycles. The molecule has 0 atom stereocenters. The number of hydrogen-bond donors (Lipinski definition) is 2. The van der Waals surface area contributed by atoms with Crippen LogP contribution in [0.2, 0.25) is 5.02 Å². The van der Waals surface area contributed by atoms with E-state index in [1.54, 1.807) is 23.9 Å². The lowest BCUT2D eigenvalue weighted by Crippen LogP contribution is -2.23. The molecule has 0 aliphatic rings. The van der Waals surface area contributed by atoms with Gasteiger partial charge in [-0.25, -0.2) is 4.79 Å². The summed E-state index contributed by atoms with van der Waals surface area (Å²) in [6.07, 6.45) is 0.250. The summed E-state index contributed by atoms with van der Waals surface area (Å²) in [5.41, 5.74) is 2.68. The fourth-order valence-electron chi connectivity index (χ4n) is 3.09. The summed E-state index contributed by atoms with van der Waals surface area (Å²) in [5.74, 6) is 1.33. The summed E-state index contributed by atoms with van der Waals surface area (Å²) in [5, 5.41) is 10.0. The van der Waals surface area contributed by atoms with Crippen molar-refractivity contribution in [3.05, 3.63) is 103 Å². The Balaban J connectivity index is 1.70. The van der Waals surface area contributed by atoms with Gasteiger partial charge in [-0.15, -0.1) is 10.2 Å². The Hall–Kier alpha value is -3.10. The molecular weight excluding hydrogens is 422 g/mol. The molecule has 152 valence electrons. The van der Waals surface area contributed by atoms with Crippen molar-refractivity contribution in [3.8, 4) is 5.69 Å². The summed E-state index contributed by atoms with van der Waals surface area (Å²) < 4.78 is 1.91. The van der Waals surface area contributed by atoms with Gasteiger partial charge in [0.1, 0.15) is 5.82 Å². The Labute approximate surface area is 181 Å². The van der Waals surface area contributed by atoms with E-state index in [0.29, 0.717) is 21.7 Å². The van der Waals surface area contributed by atoms with Crippen molar-refractivity contribution in [2.45, 2.75) is 24.3 Å². The molecule has 4 rings (SSSR count). The van der Waals surface area contributed by atoms with Gasteiger partial charge in [0.2, 0.25) is 0 Å². The van der Waals surface area contributed by atoms with Gasteiger partial charge in [-0.1, -0.05) is 53.2 Å². The molecule has 4 aromatic rings. The number of nitrogens with one attached hydrogen (secondary N) is 2. The fraction of sp³-hybridized carbons (Fsp3) is 0.143. The van der Waals surface area contributed by atoms with Crippen LogP contribution in [0, 0.1) is 6.92 Å². The van der Waals surface area contributed by atoms with E-state index in [9.17, 15) is 9.59 Å². The van der Waals surface area contributed by atoms with Crippen molar-refractivity contribution in [1.29, 1.82) is 0 Å². The van der Waals surface area contributed by atoms with Crippen LogP contribution in [0.3, 0.4) is 0 Å². The van der Waals surface area contributed by atoms with Crippen LogP contribution in [-0.4, -0.2) is 24.7 Å². The van der Waals surface area contributed by atoms with Crippen molar-refractivity contribution >= 4 is 23.4 Å². The largest absolute Gasteiger partial charge is 0.325 e. The smallest absolute Gasteiger partial charge is 0.311 e. The molecule has 7 nitrogen and oxygen atoms in total. The van der Waals surface area contributed by atoms with Gasteiger partial charge in [0.25, 0.3) is 5.56 Å². The van der Waals surface area contributed by atoms with Crippen LogP contribution in [0.15, 0.2) is 69.3 Å². The highest BCUT2D eigenvalue weighted by molar-refractivity contribution is 7.98. The first-order valence-electron chi connectivity index (χ1n) is 9.19. The highest BCUT2D eigenvalue weighted by Gasteiger charge is 2.16. The second-order valence-corrected chi connectivity index (χ2v) is 8.16. The van der Waals surface area contributed by atoms with Crippen LogP contribution >= 0.6 is 23.4 Å². The van der Waals surface area contributed by atoms with E-state index in [2.05, 4.69) is 45.3 Å². The molecule has 0 fully saturated rings. The molecule has 2 aromatic heterocycles. The van der Waals surface area contributed by atoms with Crippen molar-refractivity contribution in [2.75, 3.05) is 0 Å². The predicted molar refractivity (Wildman–Crippen MR) is 118 cm³/mol. The van der Waals surface area contributed by atoms with Crippen LogP contribution in [0.1, 0.15) is 22.6 Å². The third-order valence-electron chi connectivity index (χ3n) is 4.40. The number of aromatic amines is 2. The van der Waals surface area contributed by atoms with Crippen molar-refractivity contribution in [3.63, 3.8) is 0 Å². The van der Waals surface area contributed by atoms with E-state index in [1.807, 2.05) is 22.8 Å². The van der Waals surface area contributed by atoms with Crippen LogP contribution < -0.4 is 11.2 Å². The quantitative estimate of drug-likeness (QED) is 0.448. The average Bonchev–Trinajstić information content (AvgIpc) is 3.09. The molecule has 0 bridgehead atoms. The summed E-state index contributed by atoms with van der Waals surface area (Å²) in [6, 6.07) is 17.0. The average molecular weight is 440 g/mol. The third kappa shape index (κ3) is 4.72. The standard InChI is InChI=1S/C21H18ClN5O2S/c1-13-3-2-4-14(9-13)12-30-21-26-25-18(10-16-11-19(28)24-20(29)23-16)27(21)17-7-5-15(22)6-8-17/h2-9,11H,10,12H2,1H3,(H2,23,24,28,29). The SMILES string of the molecule is Cc1cccc(CSc2nnc(Cc3cc(=O)[nH]c(=O)[nH]3)n2-c2ccc(Cl)cc2)c1. The maximum atomic E-state index is 11.6. The van der Waals surface area contributed by atoms with E-state index in [0.717, 1.165) is 11.4 Å². The first-order valence-corrected chi connectivity index (χ1v) is 10.6. The van der Waals surface area contributed by atoms with Gasteiger partial charge in [-0.05, 0) is 36.8 Å². The molecule has 2 aromatic carbocycles. The zero-order valence-corrected chi connectivity index (χ0v) is 17.6. The maximum Gasteiger partial charge on any atom is 0.325 e. The minimum Gasteiger partial charge on any atom is -0.311 e. The van der Waals surface area contributed by atoms with Crippen molar-refractivity contribution in [1.82, 2.24) is 24.7 Å². The minimum absolute atomic E-state index is 0.250. The number of rotatable bonds is 6. The van der Waals surface area contributed by atoms with E-state index >= 15 is 0 Å². The number of aryl methyl sites for hydroxylation is 1. The number of benzene rings is 2. The van der Waals surface area contributed by atoms with Crippen LogP contribution in [0.4, 0.5) is 0 Å². The highest BCUT2D eigenvalue weighted by atomic mass is 35.5. The number of aromatic nitrogens is 5. The summed E-state index contributed by atoms with van der Waals surface area (Å²) in [7, 11) is 0. The molecule has 0 aliphatic heterocycles. The molecule has 30 heavy (non-hydrogen) atoms. The van der Waals surface area contributed by atoms with Gasteiger partial charge in [0.05, 0.1) is 0 Å². The molecule has 2 heterocycles. The third-order valence-corrected chi connectivity index (χ3v) is 5.65. The Morgan fingerprint density at radius 2 is 1.83 bits per heavy atom. The first-order chi connectivity index (χ1) is 14.5. The highest BCUT2D eigenvalue weighted by Crippen LogP contribution is 2.27. The number of hydrogen-bond acceptors (Lipinski definition) is 5. The Morgan fingerprint density at radius 1 is 1.03 bits per heavy atom. The lowest BCUT2D eigenvalue weighted by Gasteiger charge is -2.11. The van der Waals surface area contributed by atoms with Crippen molar-refractivity contribution in [2.24, 2.45) is 0 Å². The maximum absolute atomic E-state index is 11.6. The lowest BCUT2D eigenvalue weighted by atomic mass is 10.2. The number of thioether (sulfide) groups is 1. The Kier molecular flexibility index (Phi) is 5.87. The molecule has 0 saturated heterocycles. The van der Waals surface area contributed by atoms with E-state index in [-0.39, 0.29) is 6.42 Å². The fourth-order valence-corrected chi connectivity index (χ4v) is 4.13. The molecule has 0 saturated carbocycles. The van der Waals surface area contributed by atoms with Crippen molar-refractivity contribution < 1.29 is 0 Å². The summed E-state index contributed by atoms with van der Waals surface area (Å²) >= 11 is 7.61. The number of nitrogens with zero attached hydrogens (tertiary/aromatic N) is 3. The second-order valence-electron chi connectivity index (χ2n) is 6.78. The molecule has 9 heteroatoms. The van der Waals surface area contributed by atoms with E-state index in [1.165, 1.54) is 17.2 Å². The molecule has 0 radical (unpaired) electrons. The zero-order chi connectivity index (χ0) is 21.1. The van der Waals surface area contributed by atoms with E-state index in [4.69, 9.17) is 11.6 Å². The minimum atomic E-state index is -0.552. The van der Waals surface area contributed by atoms with Crippen LogP contribution in [0.25, 0.3) is 5.69 Å². The monoisotopic (exact) mass is 439 g/mol. The van der Waals surface area contributed by atoms with Gasteiger partial charge < -0.3 is 4.98 Å². The summed E-state index contributed by atoms with van der Waals surface area (Å²) in [6.45, 7) is 2.06. The normalized spacial score (nSPS) is 11.0.